The monoisotopic (exact) mass is 350 g/mol. The molecule has 1 atom stereocenters. The molecule has 3 fully saturated rings. The lowest BCUT2D eigenvalue weighted by Gasteiger charge is -2.42. The van der Waals surface area contributed by atoms with E-state index in [1.165, 1.54) is 4.88 Å². The minimum Gasteiger partial charge on any atom is -0.376 e. The van der Waals surface area contributed by atoms with Crippen molar-refractivity contribution in [3.8, 4) is 0 Å². The minimum atomic E-state index is -0.632. The molecule has 24 heavy (non-hydrogen) atoms. The maximum atomic E-state index is 12.5. The molecule has 3 heterocycles. The molecule has 0 radical (unpaired) electrons. The first-order valence-corrected chi connectivity index (χ1v) is 9.25. The van der Waals surface area contributed by atoms with Crippen LogP contribution < -0.4 is 4.90 Å². The van der Waals surface area contributed by atoms with Gasteiger partial charge in [0.25, 0.3) is 5.91 Å². The van der Waals surface area contributed by atoms with Crippen LogP contribution in [0.1, 0.15) is 17.7 Å². The van der Waals surface area contributed by atoms with E-state index in [-0.39, 0.29) is 24.3 Å². The van der Waals surface area contributed by atoms with Crippen molar-refractivity contribution in [2.75, 3.05) is 44.4 Å². The Bertz CT molecular complexity index is 657. The number of ether oxygens (including phenoxy) is 2. The van der Waals surface area contributed by atoms with Crippen LogP contribution in [-0.4, -0.2) is 61.8 Å². The maximum Gasteiger partial charge on any atom is 0.253 e. The highest BCUT2D eigenvalue weighted by atomic mass is 32.1. The Kier molecular flexibility index (Phi) is 4.10. The summed E-state index contributed by atoms with van der Waals surface area (Å²) in [5, 5.41) is 0.935. The van der Waals surface area contributed by atoms with Gasteiger partial charge in [0.2, 0.25) is 5.91 Å². The van der Waals surface area contributed by atoms with Gasteiger partial charge in [-0.2, -0.15) is 0 Å². The standard InChI is InChI=1S/C17H22N2O4S/c1-12-2-5-15(24-12)19-10-17(23-8-14(19)20)9-18(6-7-22-11-17)16(21)13-3-4-13/h2,5,13H,3-4,6-11H2,1H3. The van der Waals surface area contributed by atoms with E-state index in [9.17, 15) is 9.59 Å². The van der Waals surface area contributed by atoms with Crippen molar-refractivity contribution in [1.29, 1.82) is 0 Å². The number of nitrogens with zero attached hydrogens (tertiary/aromatic N) is 2. The van der Waals surface area contributed by atoms with Crippen molar-refractivity contribution in [2.24, 2.45) is 5.92 Å². The van der Waals surface area contributed by atoms with Crippen LogP contribution in [0.5, 0.6) is 0 Å². The van der Waals surface area contributed by atoms with Gasteiger partial charge < -0.3 is 14.4 Å². The fourth-order valence-corrected chi connectivity index (χ4v) is 4.23. The number of carbonyl (C=O) groups is 2. The molecular weight excluding hydrogens is 328 g/mol. The van der Waals surface area contributed by atoms with Gasteiger partial charge in [0.1, 0.15) is 12.2 Å². The molecule has 0 bridgehead atoms. The van der Waals surface area contributed by atoms with E-state index in [0.717, 1.165) is 17.8 Å². The molecular formula is C17H22N2O4S. The number of amides is 2. The quantitative estimate of drug-likeness (QED) is 0.810. The molecule has 3 aliphatic rings. The average Bonchev–Trinajstić information content (AvgIpc) is 3.36. The van der Waals surface area contributed by atoms with Crippen LogP contribution in [0.15, 0.2) is 12.1 Å². The summed E-state index contributed by atoms with van der Waals surface area (Å²) in [5.74, 6) is 0.354. The SMILES string of the molecule is Cc1ccc(N2CC3(COCCN(C(=O)C4CC4)C3)OCC2=O)s1. The Morgan fingerprint density at radius 3 is 2.88 bits per heavy atom. The Balaban J connectivity index is 1.55. The van der Waals surface area contributed by atoms with E-state index in [0.29, 0.717) is 32.8 Å². The molecule has 1 spiro atoms. The topological polar surface area (TPSA) is 59.1 Å². The van der Waals surface area contributed by atoms with Gasteiger partial charge in [-0.05, 0) is 31.9 Å². The molecule has 2 saturated heterocycles. The number of anilines is 1. The number of aryl methyl sites for hydroxylation is 1. The van der Waals surface area contributed by atoms with E-state index in [4.69, 9.17) is 9.47 Å². The van der Waals surface area contributed by atoms with Crippen molar-refractivity contribution < 1.29 is 19.1 Å². The summed E-state index contributed by atoms with van der Waals surface area (Å²) in [5.41, 5.74) is -0.632. The van der Waals surface area contributed by atoms with E-state index in [2.05, 4.69) is 0 Å². The zero-order chi connectivity index (χ0) is 16.7. The first-order chi connectivity index (χ1) is 11.6. The summed E-state index contributed by atoms with van der Waals surface area (Å²) in [6.07, 6.45) is 1.98. The second kappa shape index (κ2) is 6.13. The number of hydrogen-bond donors (Lipinski definition) is 0. The zero-order valence-electron chi connectivity index (χ0n) is 13.8. The summed E-state index contributed by atoms with van der Waals surface area (Å²) in [6, 6.07) is 3.99. The van der Waals surface area contributed by atoms with Crippen LogP contribution in [0.2, 0.25) is 0 Å². The van der Waals surface area contributed by atoms with Crippen molar-refractivity contribution in [1.82, 2.24) is 4.90 Å². The van der Waals surface area contributed by atoms with Crippen LogP contribution in [0.3, 0.4) is 0 Å². The van der Waals surface area contributed by atoms with Gasteiger partial charge in [-0.3, -0.25) is 14.5 Å². The van der Waals surface area contributed by atoms with Crippen LogP contribution in [0, 0.1) is 12.8 Å². The van der Waals surface area contributed by atoms with E-state index in [1.54, 1.807) is 16.2 Å². The summed E-state index contributed by atoms with van der Waals surface area (Å²) in [6.45, 7) is 4.53. The number of thiophene rings is 1. The maximum absolute atomic E-state index is 12.5. The Hall–Kier alpha value is -1.44. The molecule has 1 aromatic heterocycles. The fourth-order valence-electron chi connectivity index (χ4n) is 3.35. The molecule has 1 aliphatic carbocycles. The molecule has 2 aliphatic heterocycles. The van der Waals surface area contributed by atoms with Crippen LogP contribution in [0.4, 0.5) is 5.00 Å². The van der Waals surface area contributed by atoms with Gasteiger partial charge in [-0.1, -0.05) is 0 Å². The van der Waals surface area contributed by atoms with Crippen LogP contribution in [-0.2, 0) is 19.1 Å². The highest BCUT2D eigenvalue weighted by Gasteiger charge is 2.46. The van der Waals surface area contributed by atoms with Crippen LogP contribution >= 0.6 is 11.3 Å². The molecule has 1 unspecified atom stereocenters. The van der Waals surface area contributed by atoms with Crippen molar-refractivity contribution in [3.63, 3.8) is 0 Å². The van der Waals surface area contributed by atoms with Gasteiger partial charge in [0, 0.05) is 17.3 Å². The molecule has 0 aromatic carbocycles. The predicted octanol–water partition coefficient (Wildman–Crippen LogP) is 1.43. The summed E-state index contributed by atoms with van der Waals surface area (Å²) < 4.78 is 11.7. The Morgan fingerprint density at radius 2 is 2.17 bits per heavy atom. The molecule has 1 aromatic rings. The van der Waals surface area contributed by atoms with Gasteiger partial charge in [0.05, 0.1) is 31.3 Å². The average molecular weight is 350 g/mol. The van der Waals surface area contributed by atoms with E-state index < -0.39 is 5.60 Å². The normalized spacial score (nSPS) is 28.3. The predicted molar refractivity (Wildman–Crippen MR) is 90.2 cm³/mol. The van der Waals surface area contributed by atoms with Crippen molar-refractivity contribution >= 4 is 28.2 Å². The molecule has 130 valence electrons. The molecule has 1 saturated carbocycles. The highest BCUT2D eigenvalue weighted by Crippen LogP contribution is 2.34. The molecule has 2 amide bonds. The van der Waals surface area contributed by atoms with Crippen LogP contribution in [0.25, 0.3) is 0 Å². The number of rotatable bonds is 2. The lowest BCUT2D eigenvalue weighted by Crippen LogP contribution is -2.61. The van der Waals surface area contributed by atoms with Crippen molar-refractivity contribution in [3.05, 3.63) is 17.0 Å². The molecule has 6 nitrogen and oxygen atoms in total. The second-order valence-corrected chi connectivity index (χ2v) is 8.19. The number of hydrogen-bond acceptors (Lipinski definition) is 5. The number of carbonyl (C=O) groups excluding carboxylic acids is 2. The zero-order valence-corrected chi connectivity index (χ0v) is 14.6. The number of morpholine rings is 1. The largest absolute Gasteiger partial charge is 0.376 e. The van der Waals surface area contributed by atoms with Crippen molar-refractivity contribution in [2.45, 2.75) is 25.4 Å². The first kappa shape index (κ1) is 16.1. The lowest BCUT2D eigenvalue weighted by molar-refractivity contribution is -0.150. The third kappa shape index (κ3) is 3.08. The third-order valence-electron chi connectivity index (χ3n) is 4.83. The first-order valence-electron chi connectivity index (χ1n) is 8.44. The van der Waals surface area contributed by atoms with E-state index in [1.807, 2.05) is 24.0 Å². The molecule has 7 heteroatoms. The highest BCUT2D eigenvalue weighted by molar-refractivity contribution is 7.16. The smallest absolute Gasteiger partial charge is 0.253 e. The summed E-state index contributed by atoms with van der Waals surface area (Å²) in [4.78, 5) is 29.7. The Labute approximate surface area is 145 Å². The van der Waals surface area contributed by atoms with E-state index >= 15 is 0 Å². The third-order valence-corrected chi connectivity index (χ3v) is 5.85. The fraction of sp³-hybridized carbons (Fsp3) is 0.647. The van der Waals surface area contributed by atoms with Gasteiger partial charge in [-0.25, -0.2) is 0 Å². The minimum absolute atomic E-state index is 0.0335. The second-order valence-electron chi connectivity index (χ2n) is 6.92. The van der Waals surface area contributed by atoms with Gasteiger partial charge in [0.15, 0.2) is 0 Å². The molecule has 4 rings (SSSR count). The Morgan fingerprint density at radius 1 is 1.33 bits per heavy atom. The molecule has 0 N–H and O–H groups in total. The van der Waals surface area contributed by atoms with Gasteiger partial charge >= 0.3 is 0 Å². The lowest BCUT2D eigenvalue weighted by atomic mass is 10.0. The summed E-state index contributed by atoms with van der Waals surface area (Å²) >= 11 is 1.60. The van der Waals surface area contributed by atoms with Gasteiger partial charge in [-0.15, -0.1) is 11.3 Å². The summed E-state index contributed by atoms with van der Waals surface area (Å²) in [7, 11) is 0.